The lowest BCUT2D eigenvalue weighted by Gasteiger charge is -2.04. The zero-order chi connectivity index (χ0) is 9.68. The molecule has 1 rings (SSSR count). The summed E-state index contributed by atoms with van der Waals surface area (Å²) in [6.07, 6.45) is 3.72. The van der Waals surface area contributed by atoms with Crippen LogP contribution in [-0.4, -0.2) is 0 Å². The van der Waals surface area contributed by atoms with Gasteiger partial charge in [-0.3, -0.25) is 0 Å². The highest BCUT2D eigenvalue weighted by Gasteiger charge is 1.97. The molecule has 0 bridgehead atoms. The summed E-state index contributed by atoms with van der Waals surface area (Å²) >= 11 is 0. The second-order valence-electron chi connectivity index (χ2n) is 2.87. The van der Waals surface area contributed by atoms with Crippen LogP contribution in [0, 0.1) is 0 Å². The molecule has 0 amide bonds. The molecule has 66 valence electrons. The molecule has 1 aromatic carbocycles. The van der Waals surface area contributed by atoms with Crippen LogP contribution in [0.15, 0.2) is 61.2 Å². The van der Waals surface area contributed by atoms with Gasteiger partial charge in [-0.1, -0.05) is 55.6 Å². The molecular formula is C13H14. The maximum absolute atomic E-state index is 3.80. The van der Waals surface area contributed by atoms with Gasteiger partial charge >= 0.3 is 0 Å². The van der Waals surface area contributed by atoms with E-state index in [0.29, 0.717) is 0 Å². The Kier molecular flexibility index (Phi) is 3.27. The van der Waals surface area contributed by atoms with Crippen LogP contribution >= 0.6 is 0 Å². The molecule has 0 saturated carbocycles. The van der Waals surface area contributed by atoms with E-state index in [9.17, 15) is 0 Å². The van der Waals surface area contributed by atoms with Crippen molar-refractivity contribution in [1.29, 1.82) is 0 Å². The SMILES string of the molecule is C=C/C(C)=C(\C=C)c1ccccc1. The summed E-state index contributed by atoms with van der Waals surface area (Å²) in [5.74, 6) is 0. The maximum Gasteiger partial charge on any atom is -0.0161 e. The van der Waals surface area contributed by atoms with Gasteiger partial charge in [0.2, 0.25) is 0 Å². The maximum atomic E-state index is 3.80. The molecule has 0 fully saturated rings. The smallest absolute Gasteiger partial charge is 0.0161 e. The van der Waals surface area contributed by atoms with Gasteiger partial charge in [0.25, 0.3) is 0 Å². The van der Waals surface area contributed by atoms with Crippen LogP contribution in [0.2, 0.25) is 0 Å². The van der Waals surface area contributed by atoms with E-state index in [2.05, 4.69) is 25.3 Å². The van der Waals surface area contributed by atoms with Crippen LogP contribution in [0.5, 0.6) is 0 Å². The van der Waals surface area contributed by atoms with Crippen LogP contribution < -0.4 is 0 Å². The molecule has 0 heterocycles. The van der Waals surface area contributed by atoms with Crippen LogP contribution in [0.3, 0.4) is 0 Å². The van der Waals surface area contributed by atoms with Crippen LogP contribution in [0.25, 0.3) is 5.57 Å². The van der Waals surface area contributed by atoms with Gasteiger partial charge in [-0.05, 0) is 23.6 Å². The predicted molar refractivity (Wildman–Crippen MR) is 59.4 cm³/mol. The van der Waals surface area contributed by atoms with Crippen molar-refractivity contribution in [3.05, 3.63) is 66.8 Å². The molecule has 0 aromatic heterocycles. The van der Waals surface area contributed by atoms with Gasteiger partial charge in [0, 0.05) is 0 Å². The Morgan fingerprint density at radius 3 is 2.15 bits per heavy atom. The first kappa shape index (κ1) is 9.53. The van der Waals surface area contributed by atoms with E-state index >= 15 is 0 Å². The van der Waals surface area contributed by atoms with Crippen molar-refractivity contribution in [3.8, 4) is 0 Å². The topological polar surface area (TPSA) is 0 Å². The highest BCUT2D eigenvalue weighted by atomic mass is 14.0. The highest BCUT2D eigenvalue weighted by molar-refractivity contribution is 5.77. The molecule has 0 spiro atoms. The van der Waals surface area contributed by atoms with Gasteiger partial charge in [-0.2, -0.15) is 0 Å². The molecule has 0 aliphatic rings. The Hall–Kier alpha value is -1.56. The number of rotatable bonds is 3. The van der Waals surface area contributed by atoms with E-state index in [4.69, 9.17) is 0 Å². The Bertz CT molecular complexity index is 328. The Balaban J connectivity index is 3.20. The lowest BCUT2D eigenvalue weighted by Crippen LogP contribution is -1.82. The monoisotopic (exact) mass is 170 g/mol. The number of benzene rings is 1. The van der Waals surface area contributed by atoms with E-state index in [0.717, 1.165) is 11.1 Å². The molecule has 13 heavy (non-hydrogen) atoms. The van der Waals surface area contributed by atoms with Gasteiger partial charge < -0.3 is 0 Å². The standard InChI is InChI=1S/C13H14/c1-4-11(3)13(5-2)12-9-7-6-8-10-12/h4-10H,1-2H2,3H3/b13-11+. The summed E-state index contributed by atoms with van der Waals surface area (Å²) in [4.78, 5) is 0. The first-order valence-electron chi connectivity index (χ1n) is 4.30. The first-order chi connectivity index (χ1) is 6.29. The first-order valence-corrected chi connectivity index (χ1v) is 4.30. The molecule has 0 atom stereocenters. The van der Waals surface area contributed by atoms with Gasteiger partial charge in [0.1, 0.15) is 0 Å². The van der Waals surface area contributed by atoms with E-state index in [1.807, 2.05) is 37.3 Å². The highest BCUT2D eigenvalue weighted by Crippen LogP contribution is 2.19. The van der Waals surface area contributed by atoms with Crippen molar-refractivity contribution < 1.29 is 0 Å². The Labute approximate surface area is 79.9 Å². The molecule has 0 nitrogen and oxygen atoms in total. The number of hydrogen-bond acceptors (Lipinski definition) is 0. The van der Waals surface area contributed by atoms with Gasteiger partial charge in [-0.15, -0.1) is 0 Å². The summed E-state index contributed by atoms with van der Waals surface area (Å²) in [7, 11) is 0. The van der Waals surface area contributed by atoms with E-state index < -0.39 is 0 Å². The minimum absolute atomic E-state index is 1.15. The summed E-state index contributed by atoms with van der Waals surface area (Å²) in [6, 6.07) is 10.2. The number of allylic oxidation sites excluding steroid dienone is 4. The van der Waals surface area contributed by atoms with Crippen molar-refractivity contribution in [1.82, 2.24) is 0 Å². The van der Waals surface area contributed by atoms with Crippen LogP contribution in [0.1, 0.15) is 12.5 Å². The van der Waals surface area contributed by atoms with Crippen LogP contribution in [0.4, 0.5) is 0 Å². The third-order valence-electron chi connectivity index (χ3n) is 2.02. The Morgan fingerprint density at radius 1 is 1.08 bits per heavy atom. The summed E-state index contributed by atoms with van der Waals surface area (Å²) in [5.41, 5.74) is 3.49. The lowest BCUT2D eigenvalue weighted by atomic mass is 10.0. The fraction of sp³-hybridized carbons (Fsp3) is 0.0769. The van der Waals surface area contributed by atoms with Crippen molar-refractivity contribution in [2.75, 3.05) is 0 Å². The zero-order valence-corrected chi connectivity index (χ0v) is 7.96. The molecule has 0 radical (unpaired) electrons. The predicted octanol–water partition coefficient (Wildman–Crippen LogP) is 3.83. The second-order valence-corrected chi connectivity index (χ2v) is 2.87. The van der Waals surface area contributed by atoms with E-state index in [1.165, 1.54) is 5.56 Å². The average molecular weight is 170 g/mol. The lowest BCUT2D eigenvalue weighted by molar-refractivity contribution is 1.51. The Morgan fingerprint density at radius 2 is 1.69 bits per heavy atom. The fourth-order valence-corrected chi connectivity index (χ4v) is 1.23. The molecule has 0 N–H and O–H groups in total. The molecule has 1 aromatic rings. The summed E-state index contributed by atoms with van der Waals surface area (Å²) in [5, 5.41) is 0. The molecule has 0 aliphatic carbocycles. The van der Waals surface area contributed by atoms with Gasteiger partial charge in [0.15, 0.2) is 0 Å². The minimum atomic E-state index is 1.15. The minimum Gasteiger partial charge on any atom is -0.0988 e. The second kappa shape index (κ2) is 4.46. The van der Waals surface area contributed by atoms with Gasteiger partial charge in [0.05, 0.1) is 0 Å². The fourth-order valence-electron chi connectivity index (χ4n) is 1.23. The normalized spacial score (nSPS) is 11.8. The average Bonchev–Trinajstić information content (AvgIpc) is 2.20. The van der Waals surface area contributed by atoms with Crippen LogP contribution in [-0.2, 0) is 0 Å². The third kappa shape index (κ3) is 2.19. The summed E-state index contributed by atoms with van der Waals surface area (Å²) < 4.78 is 0. The quantitative estimate of drug-likeness (QED) is 0.605. The zero-order valence-electron chi connectivity index (χ0n) is 7.96. The molecule has 0 saturated heterocycles. The van der Waals surface area contributed by atoms with Crippen molar-refractivity contribution in [3.63, 3.8) is 0 Å². The van der Waals surface area contributed by atoms with E-state index in [-0.39, 0.29) is 0 Å². The van der Waals surface area contributed by atoms with Crippen molar-refractivity contribution in [2.45, 2.75) is 6.92 Å². The molecule has 0 heteroatoms. The molecule has 0 unspecified atom stereocenters. The van der Waals surface area contributed by atoms with E-state index in [1.54, 1.807) is 0 Å². The third-order valence-corrected chi connectivity index (χ3v) is 2.02. The van der Waals surface area contributed by atoms with Crippen molar-refractivity contribution >= 4 is 5.57 Å². The summed E-state index contributed by atoms with van der Waals surface area (Å²) in [6.45, 7) is 9.59. The van der Waals surface area contributed by atoms with Crippen molar-refractivity contribution in [2.24, 2.45) is 0 Å². The largest absolute Gasteiger partial charge is 0.0988 e. The molecule has 0 aliphatic heterocycles. The van der Waals surface area contributed by atoms with Gasteiger partial charge in [-0.25, -0.2) is 0 Å². The number of hydrogen-bond donors (Lipinski definition) is 0. The molecular weight excluding hydrogens is 156 g/mol.